The van der Waals surface area contributed by atoms with Gasteiger partial charge < -0.3 is 15.4 Å². The lowest BCUT2D eigenvalue weighted by atomic mass is 9.90. The van der Waals surface area contributed by atoms with E-state index in [0.29, 0.717) is 12.1 Å². The maximum absolute atomic E-state index is 6.10. The Morgan fingerprint density at radius 2 is 1.76 bits per heavy atom. The summed E-state index contributed by atoms with van der Waals surface area (Å²) in [7, 11) is 1.70. The van der Waals surface area contributed by atoms with Crippen molar-refractivity contribution in [2.45, 2.75) is 44.2 Å². The van der Waals surface area contributed by atoms with E-state index < -0.39 is 0 Å². The van der Waals surface area contributed by atoms with E-state index in [1.54, 1.807) is 7.11 Å². The van der Waals surface area contributed by atoms with Crippen LogP contribution < -0.4 is 15.4 Å². The SMILES string of the molecule is COc1ccc(CCNC2CCC(Nc3ccnc4cc(Cl)ccc34)CC2)cc1. The number of methoxy groups -OCH3 is 1. The molecule has 0 bridgehead atoms. The number of hydrogen-bond acceptors (Lipinski definition) is 4. The molecular formula is C24H28ClN3O. The number of nitrogens with one attached hydrogen (secondary N) is 2. The summed E-state index contributed by atoms with van der Waals surface area (Å²) in [4.78, 5) is 4.43. The second kappa shape index (κ2) is 9.47. The van der Waals surface area contributed by atoms with Crippen LogP contribution in [0.25, 0.3) is 10.9 Å². The molecule has 4 rings (SSSR count). The zero-order valence-corrected chi connectivity index (χ0v) is 17.6. The Labute approximate surface area is 177 Å². The van der Waals surface area contributed by atoms with Gasteiger partial charge in [-0.2, -0.15) is 0 Å². The summed E-state index contributed by atoms with van der Waals surface area (Å²) in [6.07, 6.45) is 7.67. The van der Waals surface area contributed by atoms with Crippen LogP contribution in [-0.4, -0.2) is 30.7 Å². The number of benzene rings is 2. The van der Waals surface area contributed by atoms with Gasteiger partial charge in [-0.25, -0.2) is 0 Å². The summed E-state index contributed by atoms with van der Waals surface area (Å²) in [6, 6.07) is 17.4. The highest BCUT2D eigenvalue weighted by Gasteiger charge is 2.21. The Balaban J connectivity index is 1.24. The predicted octanol–water partition coefficient (Wildman–Crippen LogP) is 5.45. The van der Waals surface area contributed by atoms with E-state index in [1.807, 2.05) is 30.5 Å². The van der Waals surface area contributed by atoms with Gasteiger partial charge in [0, 0.05) is 34.4 Å². The van der Waals surface area contributed by atoms with Crippen LogP contribution in [0.15, 0.2) is 54.7 Å². The van der Waals surface area contributed by atoms with E-state index >= 15 is 0 Å². The van der Waals surface area contributed by atoms with Crippen molar-refractivity contribution < 1.29 is 4.74 Å². The first kappa shape index (κ1) is 20.0. The molecule has 0 amide bonds. The number of aromatic nitrogens is 1. The van der Waals surface area contributed by atoms with Gasteiger partial charge in [-0.15, -0.1) is 0 Å². The first-order chi connectivity index (χ1) is 14.2. The smallest absolute Gasteiger partial charge is 0.118 e. The van der Waals surface area contributed by atoms with Gasteiger partial charge >= 0.3 is 0 Å². The average Bonchev–Trinajstić information content (AvgIpc) is 2.75. The largest absolute Gasteiger partial charge is 0.497 e. The zero-order valence-electron chi connectivity index (χ0n) is 16.8. The molecule has 4 nitrogen and oxygen atoms in total. The molecule has 0 atom stereocenters. The molecule has 1 heterocycles. The Kier molecular flexibility index (Phi) is 6.53. The number of ether oxygens (including phenoxy) is 1. The summed E-state index contributed by atoms with van der Waals surface area (Å²) in [5.41, 5.74) is 3.44. The number of rotatable bonds is 7. The number of nitrogens with zero attached hydrogens (tertiary/aromatic N) is 1. The molecule has 1 saturated carbocycles. The van der Waals surface area contributed by atoms with Gasteiger partial charge in [0.05, 0.1) is 12.6 Å². The molecule has 0 spiro atoms. The summed E-state index contributed by atoms with van der Waals surface area (Å²) in [5, 5.41) is 9.33. The minimum atomic E-state index is 0.510. The van der Waals surface area contributed by atoms with E-state index in [-0.39, 0.29) is 0 Å². The van der Waals surface area contributed by atoms with Gasteiger partial charge in [-0.1, -0.05) is 23.7 Å². The van der Waals surface area contributed by atoms with Gasteiger partial charge in [0.1, 0.15) is 5.75 Å². The third kappa shape index (κ3) is 5.20. The first-order valence-electron chi connectivity index (χ1n) is 10.4. The van der Waals surface area contributed by atoms with Crippen molar-refractivity contribution in [2.24, 2.45) is 0 Å². The van der Waals surface area contributed by atoms with Crippen LogP contribution in [-0.2, 0) is 6.42 Å². The van der Waals surface area contributed by atoms with Crippen LogP contribution in [0.5, 0.6) is 5.75 Å². The molecule has 29 heavy (non-hydrogen) atoms. The molecular weight excluding hydrogens is 382 g/mol. The molecule has 3 aromatic rings. The van der Waals surface area contributed by atoms with Gasteiger partial charge in [0.25, 0.3) is 0 Å². The molecule has 5 heteroatoms. The van der Waals surface area contributed by atoms with Crippen molar-refractivity contribution in [3.63, 3.8) is 0 Å². The molecule has 2 aromatic carbocycles. The van der Waals surface area contributed by atoms with Gasteiger partial charge in [0.2, 0.25) is 0 Å². The number of fused-ring (bicyclic) bond motifs is 1. The van der Waals surface area contributed by atoms with Crippen LogP contribution in [0.3, 0.4) is 0 Å². The van der Waals surface area contributed by atoms with E-state index in [0.717, 1.165) is 40.3 Å². The van der Waals surface area contributed by atoms with Crippen LogP contribution in [0.1, 0.15) is 31.2 Å². The molecule has 0 aliphatic heterocycles. The highest BCUT2D eigenvalue weighted by atomic mass is 35.5. The third-order valence-corrected chi connectivity index (χ3v) is 6.03. The monoisotopic (exact) mass is 409 g/mol. The second-order valence-electron chi connectivity index (χ2n) is 7.77. The highest BCUT2D eigenvalue weighted by Crippen LogP contribution is 2.28. The maximum atomic E-state index is 6.10. The minimum absolute atomic E-state index is 0.510. The highest BCUT2D eigenvalue weighted by molar-refractivity contribution is 6.31. The van der Waals surface area contributed by atoms with Crippen LogP contribution in [0.4, 0.5) is 5.69 Å². The second-order valence-corrected chi connectivity index (χ2v) is 8.20. The molecule has 0 saturated heterocycles. The maximum Gasteiger partial charge on any atom is 0.118 e. The lowest BCUT2D eigenvalue weighted by Crippen LogP contribution is -2.37. The Bertz CT molecular complexity index is 937. The zero-order chi connectivity index (χ0) is 20.1. The van der Waals surface area contributed by atoms with Gasteiger partial charge in [-0.05, 0) is 80.6 Å². The molecule has 152 valence electrons. The van der Waals surface area contributed by atoms with Crippen molar-refractivity contribution >= 4 is 28.2 Å². The number of halogens is 1. The number of hydrogen-bond donors (Lipinski definition) is 2. The van der Waals surface area contributed by atoms with E-state index in [1.165, 1.54) is 31.2 Å². The average molecular weight is 410 g/mol. The fraction of sp³-hybridized carbons (Fsp3) is 0.375. The Morgan fingerprint density at radius 1 is 1.00 bits per heavy atom. The first-order valence-corrected chi connectivity index (χ1v) is 10.8. The van der Waals surface area contributed by atoms with E-state index in [9.17, 15) is 0 Å². The summed E-state index contributed by atoms with van der Waals surface area (Å²) in [5.74, 6) is 0.914. The molecule has 1 fully saturated rings. The molecule has 1 aliphatic carbocycles. The normalized spacial score (nSPS) is 19.2. The van der Waals surface area contributed by atoms with Crippen molar-refractivity contribution in [3.8, 4) is 5.75 Å². The molecule has 2 N–H and O–H groups in total. The summed E-state index contributed by atoms with van der Waals surface area (Å²) in [6.45, 7) is 1.02. The molecule has 1 aliphatic rings. The van der Waals surface area contributed by atoms with Crippen molar-refractivity contribution in [3.05, 3.63) is 65.3 Å². The topological polar surface area (TPSA) is 46.2 Å². The third-order valence-electron chi connectivity index (χ3n) is 5.80. The predicted molar refractivity (Wildman–Crippen MR) is 121 cm³/mol. The molecule has 0 radical (unpaired) electrons. The van der Waals surface area contributed by atoms with Gasteiger partial charge in [-0.3, -0.25) is 4.98 Å². The van der Waals surface area contributed by atoms with Crippen molar-refractivity contribution in [1.29, 1.82) is 0 Å². The van der Waals surface area contributed by atoms with Gasteiger partial charge in [0.15, 0.2) is 0 Å². The van der Waals surface area contributed by atoms with Crippen molar-refractivity contribution in [2.75, 3.05) is 19.0 Å². The fourth-order valence-corrected chi connectivity index (χ4v) is 4.29. The van der Waals surface area contributed by atoms with E-state index in [2.05, 4.69) is 39.9 Å². The lowest BCUT2D eigenvalue weighted by molar-refractivity contribution is 0.356. The number of anilines is 1. The van der Waals surface area contributed by atoms with Crippen LogP contribution >= 0.6 is 11.6 Å². The molecule has 1 aromatic heterocycles. The number of pyridine rings is 1. The van der Waals surface area contributed by atoms with E-state index in [4.69, 9.17) is 16.3 Å². The fourth-order valence-electron chi connectivity index (χ4n) is 4.12. The molecule has 0 unspecified atom stereocenters. The van der Waals surface area contributed by atoms with Crippen molar-refractivity contribution in [1.82, 2.24) is 10.3 Å². The minimum Gasteiger partial charge on any atom is -0.497 e. The lowest BCUT2D eigenvalue weighted by Gasteiger charge is -2.30. The summed E-state index contributed by atoms with van der Waals surface area (Å²) >= 11 is 6.10. The Morgan fingerprint density at radius 3 is 2.52 bits per heavy atom. The van der Waals surface area contributed by atoms with Crippen LogP contribution in [0.2, 0.25) is 5.02 Å². The quantitative estimate of drug-likeness (QED) is 0.544. The van der Waals surface area contributed by atoms with Crippen LogP contribution in [0, 0.1) is 0 Å². The summed E-state index contributed by atoms with van der Waals surface area (Å²) < 4.78 is 5.22. The Hall–Kier alpha value is -2.30. The standard InChI is InChI=1S/C24H28ClN3O/c1-29-21-9-2-17(3-10-21)12-14-26-19-5-7-20(8-6-19)28-23-13-15-27-24-16-18(25)4-11-22(23)24/h2-4,9-11,13,15-16,19-20,26H,5-8,12,14H2,1H3,(H,27,28).